The summed E-state index contributed by atoms with van der Waals surface area (Å²) in [6, 6.07) is 7.51. The molecule has 1 aromatic carbocycles. The van der Waals surface area contributed by atoms with Crippen LogP contribution in [-0.2, 0) is 6.54 Å². The Kier molecular flexibility index (Phi) is 4.53. The number of methoxy groups -OCH3 is 1. The fourth-order valence-electron chi connectivity index (χ4n) is 2.20. The maximum Gasteiger partial charge on any atom is 0.118 e. The predicted octanol–water partition coefficient (Wildman–Crippen LogP) is 2.85. The predicted molar refractivity (Wildman–Crippen MR) is 83.7 cm³/mol. The van der Waals surface area contributed by atoms with Crippen molar-refractivity contribution in [2.45, 2.75) is 31.4 Å². The van der Waals surface area contributed by atoms with E-state index in [-0.39, 0.29) is 0 Å². The number of benzene rings is 1. The van der Waals surface area contributed by atoms with Gasteiger partial charge in [0.05, 0.1) is 18.2 Å². The van der Waals surface area contributed by atoms with Crippen LogP contribution in [0.25, 0.3) is 0 Å². The highest BCUT2D eigenvalue weighted by Crippen LogP contribution is 2.41. The molecule has 3 rings (SSSR count). The molecule has 1 aliphatic rings. The summed E-state index contributed by atoms with van der Waals surface area (Å²) in [4.78, 5) is 5.69. The van der Waals surface area contributed by atoms with E-state index in [0.29, 0.717) is 12.5 Å². The van der Waals surface area contributed by atoms with Gasteiger partial charge in [0, 0.05) is 30.1 Å². The zero-order valence-electron chi connectivity index (χ0n) is 12.1. The van der Waals surface area contributed by atoms with Crippen LogP contribution in [-0.4, -0.2) is 23.7 Å². The molecule has 1 aromatic heterocycles. The summed E-state index contributed by atoms with van der Waals surface area (Å²) >= 11 is 1.78. The highest BCUT2D eigenvalue weighted by Gasteiger charge is 2.26. The Balaban J connectivity index is 1.46. The van der Waals surface area contributed by atoms with Gasteiger partial charge in [-0.25, -0.2) is 4.98 Å². The van der Waals surface area contributed by atoms with Gasteiger partial charge >= 0.3 is 0 Å². The summed E-state index contributed by atoms with van der Waals surface area (Å²) in [6.07, 6.45) is 4.02. The summed E-state index contributed by atoms with van der Waals surface area (Å²) in [7, 11) is 1.64. The van der Waals surface area contributed by atoms with Gasteiger partial charge in [0.25, 0.3) is 0 Å². The Morgan fingerprint density at radius 2 is 2.14 bits per heavy atom. The Labute approximate surface area is 128 Å². The second-order valence-electron chi connectivity index (χ2n) is 5.36. The molecule has 0 radical (unpaired) electrons. The van der Waals surface area contributed by atoms with E-state index in [9.17, 15) is 5.11 Å². The minimum Gasteiger partial charge on any atom is -0.497 e. The molecular weight excluding hydrogens is 284 g/mol. The first-order valence-corrected chi connectivity index (χ1v) is 8.05. The molecule has 0 saturated heterocycles. The first-order chi connectivity index (χ1) is 10.3. The molecule has 5 heteroatoms. The second-order valence-corrected chi connectivity index (χ2v) is 6.51. The Morgan fingerprint density at radius 1 is 1.38 bits per heavy atom. The standard InChI is InChI=1S/C16H20N2O2S/c1-20-13-6-4-11(5-7-13)15(19)10-17-8-14-9-18-16(21-14)12-2-3-12/h4-7,9,12,15,17,19H,2-3,8,10H2,1H3. The number of aromatic nitrogens is 1. The second kappa shape index (κ2) is 6.56. The number of aliphatic hydroxyl groups is 1. The van der Waals surface area contributed by atoms with Crippen LogP contribution in [0.2, 0.25) is 0 Å². The van der Waals surface area contributed by atoms with Crippen LogP contribution < -0.4 is 10.1 Å². The Hall–Kier alpha value is -1.43. The molecule has 0 spiro atoms. The minimum absolute atomic E-state index is 0.508. The quantitative estimate of drug-likeness (QED) is 0.826. The summed E-state index contributed by atoms with van der Waals surface area (Å²) < 4.78 is 5.11. The fourth-order valence-corrected chi connectivity index (χ4v) is 3.26. The van der Waals surface area contributed by atoms with E-state index in [4.69, 9.17) is 4.74 Å². The first kappa shape index (κ1) is 14.5. The smallest absolute Gasteiger partial charge is 0.118 e. The van der Waals surface area contributed by atoms with Crippen LogP contribution in [0, 0.1) is 0 Å². The number of rotatable bonds is 7. The average molecular weight is 304 g/mol. The number of thiazole rings is 1. The molecule has 2 N–H and O–H groups in total. The zero-order chi connectivity index (χ0) is 14.7. The molecule has 0 aliphatic heterocycles. The summed E-state index contributed by atoms with van der Waals surface area (Å²) in [5.74, 6) is 1.52. The van der Waals surface area contributed by atoms with Crippen LogP contribution in [0.15, 0.2) is 30.5 Å². The molecule has 0 bridgehead atoms. The van der Waals surface area contributed by atoms with Crippen LogP contribution in [0.1, 0.15) is 40.3 Å². The lowest BCUT2D eigenvalue weighted by molar-refractivity contribution is 0.174. The molecule has 1 unspecified atom stereocenters. The number of nitrogens with zero attached hydrogens (tertiary/aromatic N) is 1. The number of aliphatic hydroxyl groups excluding tert-OH is 1. The zero-order valence-corrected chi connectivity index (χ0v) is 12.9. The van der Waals surface area contributed by atoms with Crippen molar-refractivity contribution < 1.29 is 9.84 Å². The third-order valence-electron chi connectivity index (χ3n) is 3.64. The van der Waals surface area contributed by atoms with E-state index in [2.05, 4.69) is 10.3 Å². The van der Waals surface area contributed by atoms with Gasteiger partial charge in [-0.05, 0) is 30.5 Å². The lowest BCUT2D eigenvalue weighted by Gasteiger charge is -2.12. The van der Waals surface area contributed by atoms with Gasteiger partial charge in [0.2, 0.25) is 0 Å². The summed E-state index contributed by atoms with van der Waals surface area (Å²) in [6.45, 7) is 1.29. The van der Waals surface area contributed by atoms with Gasteiger partial charge in [-0.15, -0.1) is 11.3 Å². The topological polar surface area (TPSA) is 54.4 Å². The number of hydrogen-bond donors (Lipinski definition) is 2. The lowest BCUT2D eigenvalue weighted by atomic mass is 10.1. The van der Waals surface area contributed by atoms with E-state index in [1.807, 2.05) is 30.5 Å². The highest BCUT2D eigenvalue weighted by molar-refractivity contribution is 7.11. The molecule has 21 heavy (non-hydrogen) atoms. The molecule has 1 saturated carbocycles. The molecule has 2 aromatic rings. The third kappa shape index (κ3) is 3.81. The van der Waals surface area contributed by atoms with Crippen LogP contribution >= 0.6 is 11.3 Å². The largest absolute Gasteiger partial charge is 0.497 e. The molecule has 1 heterocycles. The summed E-state index contributed by atoms with van der Waals surface area (Å²) in [5.41, 5.74) is 0.895. The molecule has 112 valence electrons. The molecule has 4 nitrogen and oxygen atoms in total. The van der Waals surface area contributed by atoms with Gasteiger partial charge in [0.1, 0.15) is 5.75 Å². The number of nitrogens with one attached hydrogen (secondary N) is 1. The number of ether oxygens (including phenoxy) is 1. The van der Waals surface area contributed by atoms with Crippen molar-refractivity contribution in [3.63, 3.8) is 0 Å². The van der Waals surface area contributed by atoms with E-state index in [0.717, 1.165) is 17.9 Å². The molecule has 0 amide bonds. The van der Waals surface area contributed by atoms with Crippen molar-refractivity contribution in [3.05, 3.63) is 45.9 Å². The van der Waals surface area contributed by atoms with Gasteiger partial charge in [-0.1, -0.05) is 12.1 Å². The normalized spacial score (nSPS) is 15.9. The first-order valence-electron chi connectivity index (χ1n) is 7.23. The highest BCUT2D eigenvalue weighted by atomic mass is 32.1. The van der Waals surface area contributed by atoms with Crippen molar-refractivity contribution in [1.29, 1.82) is 0 Å². The minimum atomic E-state index is -0.508. The van der Waals surface area contributed by atoms with Crippen LogP contribution in [0.4, 0.5) is 0 Å². The van der Waals surface area contributed by atoms with Gasteiger partial charge < -0.3 is 15.2 Å². The Morgan fingerprint density at radius 3 is 2.81 bits per heavy atom. The summed E-state index contributed by atoms with van der Waals surface area (Å²) in [5, 5.41) is 14.7. The van der Waals surface area contributed by atoms with Crippen LogP contribution in [0.3, 0.4) is 0 Å². The maximum absolute atomic E-state index is 10.2. The molecule has 1 aliphatic carbocycles. The van der Waals surface area contributed by atoms with Gasteiger partial charge in [-0.3, -0.25) is 0 Å². The molecule has 1 atom stereocenters. The van der Waals surface area contributed by atoms with Crippen molar-refractivity contribution in [2.24, 2.45) is 0 Å². The van der Waals surface area contributed by atoms with Crippen molar-refractivity contribution >= 4 is 11.3 Å². The van der Waals surface area contributed by atoms with E-state index in [1.54, 1.807) is 18.4 Å². The van der Waals surface area contributed by atoms with Crippen molar-refractivity contribution in [1.82, 2.24) is 10.3 Å². The average Bonchev–Trinajstić information content (AvgIpc) is 3.27. The monoisotopic (exact) mass is 304 g/mol. The van der Waals surface area contributed by atoms with Gasteiger partial charge in [-0.2, -0.15) is 0 Å². The maximum atomic E-state index is 10.2. The van der Waals surface area contributed by atoms with E-state index in [1.165, 1.54) is 22.7 Å². The molecular formula is C16H20N2O2S. The fraction of sp³-hybridized carbons (Fsp3) is 0.438. The third-order valence-corrected chi connectivity index (χ3v) is 4.80. The van der Waals surface area contributed by atoms with Crippen LogP contribution in [0.5, 0.6) is 5.75 Å². The van der Waals surface area contributed by atoms with E-state index < -0.39 is 6.10 Å². The number of hydrogen-bond acceptors (Lipinski definition) is 5. The lowest BCUT2D eigenvalue weighted by Crippen LogP contribution is -2.20. The van der Waals surface area contributed by atoms with E-state index >= 15 is 0 Å². The van der Waals surface area contributed by atoms with Gasteiger partial charge in [0.15, 0.2) is 0 Å². The van der Waals surface area contributed by atoms with Crippen molar-refractivity contribution in [3.8, 4) is 5.75 Å². The van der Waals surface area contributed by atoms with Crippen molar-refractivity contribution in [2.75, 3.05) is 13.7 Å². The SMILES string of the molecule is COc1ccc(C(O)CNCc2cnc(C3CC3)s2)cc1. The Bertz CT molecular complexity index is 578. The molecule has 1 fully saturated rings.